The fraction of sp³-hybridized carbons (Fsp3) is 0.100. The number of aromatic nitrogens is 1. The van der Waals surface area contributed by atoms with Crippen LogP contribution >= 0.6 is 23.6 Å². The second-order valence-corrected chi connectivity index (χ2v) is 4.68. The maximum absolute atomic E-state index is 5.31. The Bertz CT molecular complexity index is 559. The highest BCUT2D eigenvalue weighted by atomic mass is 32.1. The van der Waals surface area contributed by atoms with Crippen molar-refractivity contribution in [1.82, 2.24) is 4.98 Å². The zero-order valence-corrected chi connectivity index (χ0v) is 9.28. The summed E-state index contributed by atoms with van der Waals surface area (Å²) in [5.74, 6) is 1.59. The molecule has 2 heterocycles. The molecule has 1 aliphatic rings. The van der Waals surface area contributed by atoms with Gasteiger partial charge in [-0.1, -0.05) is 0 Å². The molecule has 1 aromatic heterocycles. The molecule has 76 valence electrons. The Morgan fingerprint density at radius 2 is 2.13 bits per heavy atom. The molecule has 0 radical (unpaired) electrons. The first-order valence-electron chi connectivity index (χ1n) is 4.41. The molecule has 3 rings (SSSR count). The van der Waals surface area contributed by atoms with Crippen LogP contribution in [0.4, 0.5) is 0 Å². The van der Waals surface area contributed by atoms with Crippen LogP contribution in [-0.4, -0.2) is 11.8 Å². The first kappa shape index (κ1) is 8.94. The zero-order valence-electron chi connectivity index (χ0n) is 7.65. The van der Waals surface area contributed by atoms with Crippen molar-refractivity contribution in [3.05, 3.63) is 27.5 Å². The summed E-state index contributed by atoms with van der Waals surface area (Å²) in [5, 5.41) is 2.00. The van der Waals surface area contributed by atoms with Crippen molar-refractivity contribution < 1.29 is 9.47 Å². The van der Waals surface area contributed by atoms with Crippen LogP contribution in [-0.2, 0) is 0 Å². The molecule has 5 heteroatoms. The summed E-state index contributed by atoms with van der Waals surface area (Å²) in [6.07, 6.45) is 0. The summed E-state index contributed by atoms with van der Waals surface area (Å²) in [7, 11) is 0. The molecule has 1 aliphatic heterocycles. The molecule has 0 spiro atoms. The second-order valence-electron chi connectivity index (χ2n) is 3.13. The topological polar surface area (TPSA) is 34.2 Å². The van der Waals surface area contributed by atoms with Crippen LogP contribution in [0.15, 0.2) is 23.6 Å². The zero-order chi connectivity index (χ0) is 10.3. The molecule has 0 bridgehead atoms. The molecular weight excluding hydrogens is 230 g/mol. The van der Waals surface area contributed by atoms with Gasteiger partial charge >= 0.3 is 0 Å². The molecule has 0 saturated heterocycles. The number of fused-ring (bicyclic) bond motifs is 1. The van der Waals surface area contributed by atoms with Gasteiger partial charge in [0.25, 0.3) is 0 Å². The summed E-state index contributed by atoms with van der Waals surface area (Å²) < 4.78 is 11.3. The van der Waals surface area contributed by atoms with E-state index in [-0.39, 0.29) is 0 Å². The normalized spacial score (nSPS) is 13.1. The highest BCUT2D eigenvalue weighted by Crippen LogP contribution is 2.35. The molecule has 2 aromatic rings. The lowest BCUT2D eigenvalue weighted by Crippen LogP contribution is -1.92. The molecule has 0 saturated carbocycles. The molecule has 0 unspecified atom stereocenters. The summed E-state index contributed by atoms with van der Waals surface area (Å²) in [6, 6.07) is 5.85. The van der Waals surface area contributed by atoms with E-state index in [9.17, 15) is 0 Å². The first-order chi connectivity index (χ1) is 7.33. The van der Waals surface area contributed by atoms with Gasteiger partial charge in [0.05, 0.1) is 5.69 Å². The van der Waals surface area contributed by atoms with Crippen LogP contribution in [0.1, 0.15) is 0 Å². The molecular formula is C10H7NO2S2. The Morgan fingerprint density at radius 1 is 1.27 bits per heavy atom. The minimum Gasteiger partial charge on any atom is -0.454 e. The smallest absolute Gasteiger partial charge is 0.231 e. The third kappa shape index (κ3) is 1.53. The van der Waals surface area contributed by atoms with Gasteiger partial charge in [-0.3, -0.25) is 0 Å². The Balaban J connectivity index is 2.10. The van der Waals surface area contributed by atoms with Crippen LogP contribution in [0.25, 0.3) is 11.3 Å². The maximum Gasteiger partial charge on any atom is 0.231 e. The summed E-state index contributed by atoms with van der Waals surface area (Å²) in [4.78, 5) is 3.12. The summed E-state index contributed by atoms with van der Waals surface area (Å²) in [5.41, 5.74) is 2.08. The average Bonchev–Trinajstić information content (AvgIpc) is 2.84. The lowest BCUT2D eigenvalue weighted by molar-refractivity contribution is 0.174. The van der Waals surface area contributed by atoms with E-state index in [0.717, 1.165) is 26.7 Å². The highest BCUT2D eigenvalue weighted by Gasteiger charge is 2.13. The SMILES string of the molecule is S=c1[nH]c(-c2ccc3c(c2)OCO3)cs1. The van der Waals surface area contributed by atoms with Gasteiger partial charge in [-0.2, -0.15) is 0 Å². The molecule has 0 atom stereocenters. The van der Waals surface area contributed by atoms with Gasteiger partial charge < -0.3 is 14.5 Å². The molecule has 1 N–H and O–H groups in total. The molecule has 15 heavy (non-hydrogen) atoms. The largest absolute Gasteiger partial charge is 0.454 e. The fourth-order valence-corrected chi connectivity index (χ4v) is 2.33. The number of rotatable bonds is 1. The molecule has 3 nitrogen and oxygen atoms in total. The van der Waals surface area contributed by atoms with E-state index < -0.39 is 0 Å². The van der Waals surface area contributed by atoms with Crippen molar-refractivity contribution in [2.24, 2.45) is 0 Å². The van der Waals surface area contributed by atoms with Gasteiger partial charge in [0.1, 0.15) is 0 Å². The van der Waals surface area contributed by atoms with Gasteiger partial charge in [-0.15, -0.1) is 11.3 Å². The van der Waals surface area contributed by atoms with E-state index >= 15 is 0 Å². The highest BCUT2D eigenvalue weighted by molar-refractivity contribution is 7.73. The third-order valence-corrected chi connectivity index (χ3v) is 3.26. The van der Waals surface area contributed by atoms with Gasteiger partial charge in [-0.25, -0.2) is 0 Å². The van der Waals surface area contributed by atoms with Gasteiger partial charge in [-0.05, 0) is 30.4 Å². The predicted molar refractivity (Wildman–Crippen MR) is 61.1 cm³/mol. The van der Waals surface area contributed by atoms with E-state index in [1.807, 2.05) is 23.6 Å². The standard InChI is InChI=1S/C10H7NO2S2/c14-10-11-7(4-15-10)6-1-2-8-9(3-6)13-5-12-8/h1-4H,5H2,(H,11,14). The number of aromatic amines is 1. The fourth-order valence-electron chi connectivity index (χ4n) is 1.49. The van der Waals surface area contributed by atoms with Crippen LogP contribution in [0, 0.1) is 3.95 Å². The number of thiazole rings is 1. The minimum atomic E-state index is 0.304. The second kappa shape index (κ2) is 3.36. The molecule has 0 aliphatic carbocycles. The van der Waals surface area contributed by atoms with Gasteiger partial charge in [0, 0.05) is 10.9 Å². The number of hydrogen-bond acceptors (Lipinski definition) is 4. The van der Waals surface area contributed by atoms with Crippen molar-refractivity contribution >= 4 is 23.6 Å². The molecule has 0 fully saturated rings. The van der Waals surface area contributed by atoms with Crippen molar-refractivity contribution in [3.63, 3.8) is 0 Å². The quantitative estimate of drug-likeness (QED) is 0.773. The monoisotopic (exact) mass is 237 g/mol. The van der Waals surface area contributed by atoms with E-state index in [4.69, 9.17) is 21.7 Å². The lowest BCUT2D eigenvalue weighted by Gasteiger charge is -1.99. The number of nitrogens with one attached hydrogen (secondary N) is 1. The molecule has 1 aromatic carbocycles. The van der Waals surface area contributed by atoms with Crippen molar-refractivity contribution in [1.29, 1.82) is 0 Å². The van der Waals surface area contributed by atoms with E-state index in [1.54, 1.807) is 0 Å². The number of benzene rings is 1. The number of ether oxygens (including phenoxy) is 2. The van der Waals surface area contributed by atoms with E-state index in [2.05, 4.69) is 4.98 Å². The average molecular weight is 237 g/mol. The third-order valence-electron chi connectivity index (χ3n) is 2.20. The molecule has 0 amide bonds. The Kier molecular flexibility index (Phi) is 2.00. The summed E-state index contributed by atoms with van der Waals surface area (Å²) >= 11 is 6.56. The Morgan fingerprint density at radius 3 is 2.93 bits per heavy atom. The van der Waals surface area contributed by atoms with E-state index in [1.165, 1.54) is 11.3 Å². The van der Waals surface area contributed by atoms with Gasteiger partial charge in [0.15, 0.2) is 15.5 Å². The number of hydrogen-bond donors (Lipinski definition) is 1. The van der Waals surface area contributed by atoms with Crippen LogP contribution in [0.5, 0.6) is 11.5 Å². The van der Waals surface area contributed by atoms with Crippen LogP contribution in [0.3, 0.4) is 0 Å². The minimum absolute atomic E-state index is 0.304. The van der Waals surface area contributed by atoms with E-state index in [0.29, 0.717) is 6.79 Å². The van der Waals surface area contributed by atoms with Crippen molar-refractivity contribution in [3.8, 4) is 22.8 Å². The summed E-state index contributed by atoms with van der Waals surface area (Å²) in [6.45, 7) is 0.304. The number of H-pyrrole nitrogens is 1. The maximum atomic E-state index is 5.31. The predicted octanol–water partition coefficient (Wildman–Crippen LogP) is 3.20. The van der Waals surface area contributed by atoms with Crippen LogP contribution in [0.2, 0.25) is 0 Å². The lowest BCUT2D eigenvalue weighted by atomic mass is 10.1. The van der Waals surface area contributed by atoms with Crippen LogP contribution < -0.4 is 9.47 Å². The first-order valence-corrected chi connectivity index (χ1v) is 5.69. The van der Waals surface area contributed by atoms with Gasteiger partial charge in [0.2, 0.25) is 6.79 Å². The van der Waals surface area contributed by atoms with Crippen molar-refractivity contribution in [2.45, 2.75) is 0 Å². The Labute approximate surface area is 95.3 Å². The van der Waals surface area contributed by atoms with Crippen molar-refractivity contribution in [2.75, 3.05) is 6.79 Å². The Hall–Kier alpha value is -1.33.